The van der Waals surface area contributed by atoms with E-state index in [9.17, 15) is 4.79 Å². The van der Waals surface area contributed by atoms with E-state index in [2.05, 4.69) is 31.3 Å². The fraction of sp³-hybridized carbons (Fsp3) is 0.562. The summed E-state index contributed by atoms with van der Waals surface area (Å²) in [6.45, 7) is 4.10. The number of carbonyl (C=O) groups is 1. The number of nitrogens with two attached hydrogens (primary N) is 1. The highest BCUT2D eigenvalue weighted by molar-refractivity contribution is 7.98. The average molecular weight is 294 g/mol. The van der Waals surface area contributed by atoms with E-state index in [1.807, 2.05) is 24.5 Å². The molecule has 4 heteroatoms. The van der Waals surface area contributed by atoms with Crippen molar-refractivity contribution < 1.29 is 4.79 Å². The van der Waals surface area contributed by atoms with Gasteiger partial charge in [-0.25, -0.2) is 0 Å². The molecule has 1 atom stereocenters. The summed E-state index contributed by atoms with van der Waals surface area (Å²) in [4.78, 5) is 12.0. The average Bonchev–Trinajstić information content (AvgIpc) is 2.43. The van der Waals surface area contributed by atoms with Gasteiger partial charge in [-0.2, -0.15) is 11.8 Å². The van der Waals surface area contributed by atoms with Gasteiger partial charge in [-0.15, -0.1) is 0 Å². The molecule has 0 saturated heterocycles. The van der Waals surface area contributed by atoms with Gasteiger partial charge >= 0.3 is 0 Å². The highest BCUT2D eigenvalue weighted by Gasteiger charge is 2.23. The van der Waals surface area contributed by atoms with Crippen molar-refractivity contribution in [2.24, 2.45) is 5.73 Å². The molecule has 0 saturated carbocycles. The lowest BCUT2D eigenvalue weighted by molar-refractivity contribution is -0.124. The molecule has 0 bridgehead atoms. The first-order valence-electron chi connectivity index (χ1n) is 7.05. The fourth-order valence-electron chi connectivity index (χ4n) is 1.97. The van der Waals surface area contributed by atoms with Crippen molar-refractivity contribution in [1.29, 1.82) is 0 Å². The molecule has 1 aromatic rings. The molecule has 0 fully saturated rings. The topological polar surface area (TPSA) is 55.1 Å². The van der Waals surface area contributed by atoms with Crippen molar-refractivity contribution in [3.63, 3.8) is 0 Å². The van der Waals surface area contributed by atoms with Crippen molar-refractivity contribution in [1.82, 2.24) is 5.32 Å². The van der Waals surface area contributed by atoms with Crippen LogP contribution in [-0.4, -0.2) is 29.5 Å². The lowest BCUT2D eigenvalue weighted by Crippen LogP contribution is -2.50. The summed E-state index contributed by atoms with van der Waals surface area (Å²) in [6, 6.07) is 9.92. The minimum absolute atomic E-state index is 0.0443. The van der Waals surface area contributed by atoms with Gasteiger partial charge in [-0.05, 0) is 50.7 Å². The number of nitrogens with one attached hydrogen (secondary N) is 1. The Morgan fingerprint density at radius 3 is 2.60 bits per heavy atom. The van der Waals surface area contributed by atoms with Gasteiger partial charge in [0.1, 0.15) is 0 Å². The van der Waals surface area contributed by atoms with Gasteiger partial charge in [-0.1, -0.05) is 30.3 Å². The van der Waals surface area contributed by atoms with Crippen molar-refractivity contribution >= 4 is 17.7 Å². The molecule has 0 unspecified atom stereocenters. The number of thioether (sulfide) groups is 1. The number of benzene rings is 1. The molecule has 0 spiro atoms. The normalized spacial score (nSPS) is 13.0. The summed E-state index contributed by atoms with van der Waals surface area (Å²) in [5.74, 6) is 0.871. The van der Waals surface area contributed by atoms with E-state index >= 15 is 0 Å². The van der Waals surface area contributed by atoms with Crippen LogP contribution in [0.5, 0.6) is 0 Å². The molecular weight excluding hydrogens is 268 g/mol. The number of rotatable bonds is 8. The summed E-state index contributed by atoms with van der Waals surface area (Å²) < 4.78 is 0. The quantitative estimate of drug-likeness (QED) is 0.775. The summed E-state index contributed by atoms with van der Waals surface area (Å²) in [5, 5.41) is 3.06. The van der Waals surface area contributed by atoms with Gasteiger partial charge in [0.25, 0.3) is 0 Å². The molecule has 0 radical (unpaired) electrons. The standard InChI is InChI=1S/C16H26N2OS/c1-16(2,11-9-13-7-5-4-6-8-13)18-15(19)14(17)10-12-20-3/h4-8,14H,9-12,17H2,1-3H3,(H,18,19)/t14-/m0/s1. The highest BCUT2D eigenvalue weighted by atomic mass is 32.2. The van der Waals surface area contributed by atoms with Crippen LogP contribution >= 0.6 is 11.8 Å². The van der Waals surface area contributed by atoms with Crippen LogP contribution in [0.4, 0.5) is 0 Å². The molecule has 0 aliphatic rings. The molecule has 0 aromatic heterocycles. The molecular formula is C16H26N2OS. The highest BCUT2D eigenvalue weighted by Crippen LogP contribution is 2.14. The molecule has 0 aliphatic heterocycles. The minimum atomic E-state index is -0.404. The van der Waals surface area contributed by atoms with E-state index in [1.54, 1.807) is 11.8 Å². The summed E-state index contributed by atoms with van der Waals surface area (Å²) in [5.41, 5.74) is 6.95. The molecule has 1 amide bonds. The second-order valence-electron chi connectivity index (χ2n) is 5.75. The number of amides is 1. The zero-order valence-corrected chi connectivity index (χ0v) is 13.5. The van der Waals surface area contributed by atoms with Crippen LogP contribution in [0.15, 0.2) is 30.3 Å². The van der Waals surface area contributed by atoms with Crippen LogP contribution in [0.25, 0.3) is 0 Å². The molecule has 0 heterocycles. The molecule has 1 rings (SSSR count). The van der Waals surface area contributed by atoms with Crippen molar-refractivity contribution in [3.05, 3.63) is 35.9 Å². The molecule has 3 N–H and O–H groups in total. The first-order chi connectivity index (χ1) is 9.44. The molecule has 3 nitrogen and oxygen atoms in total. The van der Waals surface area contributed by atoms with E-state index < -0.39 is 6.04 Å². The van der Waals surface area contributed by atoms with E-state index in [0.717, 1.165) is 25.0 Å². The fourth-order valence-corrected chi connectivity index (χ4v) is 2.46. The Hall–Kier alpha value is -1.00. The monoisotopic (exact) mass is 294 g/mol. The number of hydrogen-bond acceptors (Lipinski definition) is 3. The Morgan fingerprint density at radius 2 is 2.00 bits per heavy atom. The minimum Gasteiger partial charge on any atom is -0.350 e. The third-order valence-electron chi connectivity index (χ3n) is 3.31. The summed E-state index contributed by atoms with van der Waals surface area (Å²) in [7, 11) is 0. The molecule has 20 heavy (non-hydrogen) atoms. The Morgan fingerprint density at radius 1 is 1.35 bits per heavy atom. The van der Waals surface area contributed by atoms with Crippen molar-refractivity contribution in [3.8, 4) is 0 Å². The maximum Gasteiger partial charge on any atom is 0.237 e. The maximum absolute atomic E-state index is 12.0. The Kier molecular flexibility index (Phi) is 7.10. The Bertz CT molecular complexity index is 406. The third kappa shape index (κ3) is 6.44. The van der Waals surface area contributed by atoms with E-state index in [1.165, 1.54) is 5.56 Å². The van der Waals surface area contributed by atoms with Gasteiger partial charge in [0.05, 0.1) is 6.04 Å². The second kappa shape index (κ2) is 8.32. The van der Waals surface area contributed by atoms with Gasteiger partial charge in [0.2, 0.25) is 5.91 Å². The number of hydrogen-bond donors (Lipinski definition) is 2. The van der Waals surface area contributed by atoms with Crippen molar-refractivity contribution in [2.75, 3.05) is 12.0 Å². The van der Waals surface area contributed by atoms with E-state index in [0.29, 0.717) is 0 Å². The molecule has 112 valence electrons. The first kappa shape index (κ1) is 17.1. The van der Waals surface area contributed by atoms with Gasteiger partial charge in [0, 0.05) is 5.54 Å². The maximum atomic E-state index is 12.0. The van der Waals surface area contributed by atoms with Gasteiger partial charge in [0.15, 0.2) is 0 Å². The third-order valence-corrected chi connectivity index (χ3v) is 3.96. The van der Waals surface area contributed by atoms with Gasteiger partial charge < -0.3 is 11.1 Å². The van der Waals surface area contributed by atoms with E-state index in [4.69, 9.17) is 5.73 Å². The van der Waals surface area contributed by atoms with Crippen LogP contribution in [-0.2, 0) is 11.2 Å². The zero-order chi connectivity index (χ0) is 15.0. The lowest BCUT2D eigenvalue weighted by atomic mass is 9.94. The first-order valence-corrected chi connectivity index (χ1v) is 8.44. The van der Waals surface area contributed by atoms with Crippen LogP contribution in [0, 0.1) is 0 Å². The predicted octanol–water partition coefficient (Wildman–Crippen LogP) is 2.59. The molecule has 0 aliphatic carbocycles. The molecule has 1 aromatic carbocycles. The summed E-state index contributed by atoms with van der Waals surface area (Å²) in [6.07, 6.45) is 4.60. The predicted molar refractivity (Wildman–Crippen MR) is 88.0 cm³/mol. The van der Waals surface area contributed by atoms with Crippen LogP contribution in [0.1, 0.15) is 32.3 Å². The van der Waals surface area contributed by atoms with Crippen molar-refractivity contribution in [2.45, 2.75) is 44.7 Å². The number of carbonyl (C=O) groups excluding carboxylic acids is 1. The van der Waals surface area contributed by atoms with Gasteiger partial charge in [-0.3, -0.25) is 4.79 Å². The van der Waals surface area contributed by atoms with Crippen LogP contribution in [0.2, 0.25) is 0 Å². The lowest BCUT2D eigenvalue weighted by Gasteiger charge is -2.28. The number of aryl methyl sites for hydroxylation is 1. The zero-order valence-electron chi connectivity index (χ0n) is 12.7. The van der Waals surface area contributed by atoms with E-state index in [-0.39, 0.29) is 11.4 Å². The SMILES string of the molecule is CSCC[C@H](N)C(=O)NC(C)(C)CCc1ccccc1. The largest absolute Gasteiger partial charge is 0.350 e. The Labute approximate surface area is 126 Å². The second-order valence-corrected chi connectivity index (χ2v) is 6.73. The Balaban J connectivity index is 2.42. The van der Waals surface area contributed by atoms with Crippen LogP contribution < -0.4 is 11.1 Å². The summed E-state index contributed by atoms with van der Waals surface area (Å²) >= 11 is 1.71. The smallest absolute Gasteiger partial charge is 0.237 e. The van der Waals surface area contributed by atoms with Crippen LogP contribution in [0.3, 0.4) is 0 Å².